The third kappa shape index (κ3) is 1.86. The summed E-state index contributed by atoms with van der Waals surface area (Å²) in [6.45, 7) is 0. The number of hydrogen-bond donors (Lipinski definition) is 1. The molecule has 0 saturated heterocycles. The third-order valence-electron chi connectivity index (χ3n) is 3.86. The van der Waals surface area contributed by atoms with E-state index in [4.69, 9.17) is 11.6 Å². The van der Waals surface area contributed by atoms with E-state index in [-0.39, 0.29) is 10.6 Å². The zero-order chi connectivity index (χ0) is 12.7. The molecule has 94 valence electrons. The van der Waals surface area contributed by atoms with E-state index in [9.17, 15) is 10.1 Å². The highest BCUT2D eigenvalue weighted by molar-refractivity contribution is 6.31. The lowest BCUT2D eigenvalue weighted by Crippen LogP contribution is -2.43. The smallest absolute Gasteiger partial charge is 0.292 e. The fourth-order valence-electron chi connectivity index (χ4n) is 2.87. The predicted molar refractivity (Wildman–Crippen MR) is 70.9 cm³/mol. The van der Waals surface area contributed by atoms with E-state index in [0.717, 1.165) is 18.8 Å². The van der Waals surface area contributed by atoms with Gasteiger partial charge >= 0.3 is 0 Å². The van der Waals surface area contributed by atoms with E-state index in [0.29, 0.717) is 22.7 Å². The summed E-state index contributed by atoms with van der Waals surface area (Å²) in [7, 11) is 0. The maximum absolute atomic E-state index is 11.0. The number of nitrogens with zero attached hydrogens (tertiary/aromatic N) is 1. The summed E-state index contributed by atoms with van der Waals surface area (Å²) in [6, 6.07) is 4.92. The number of anilines is 1. The predicted octanol–water partition coefficient (Wildman–Crippen LogP) is 3.62. The van der Waals surface area contributed by atoms with Crippen molar-refractivity contribution in [2.75, 3.05) is 5.32 Å². The second kappa shape index (κ2) is 4.28. The number of fused-ring (bicyclic) bond motifs is 1. The van der Waals surface area contributed by atoms with Crippen LogP contribution in [0, 0.1) is 22.0 Å². The minimum absolute atomic E-state index is 0.0878. The van der Waals surface area contributed by atoms with Crippen LogP contribution in [-0.2, 0) is 0 Å². The monoisotopic (exact) mass is 264 g/mol. The van der Waals surface area contributed by atoms with Crippen LogP contribution in [0.1, 0.15) is 12.8 Å². The zero-order valence-corrected chi connectivity index (χ0v) is 10.4. The fourth-order valence-corrected chi connectivity index (χ4v) is 3.04. The molecule has 0 amide bonds. The maximum atomic E-state index is 11.0. The van der Waals surface area contributed by atoms with Crippen molar-refractivity contribution in [2.45, 2.75) is 18.9 Å². The molecular weight excluding hydrogens is 252 g/mol. The van der Waals surface area contributed by atoms with Crippen LogP contribution in [0.25, 0.3) is 0 Å². The summed E-state index contributed by atoms with van der Waals surface area (Å²) in [5.41, 5.74) is 0.612. The van der Waals surface area contributed by atoms with Gasteiger partial charge in [0, 0.05) is 23.0 Å². The lowest BCUT2D eigenvalue weighted by molar-refractivity contribution is -0.384. The first-order valence-electron chi connectivity index (χ1n) is 6.02. The molecule has 2 aliphatic rings. The van der Waals surface area contributed by atoms with Crippen molar-refractivity contribution < 1.29 is 4.92 Å². The molecule has 4 nitrogen and oxygen atoms in total. The molecule has 1 fully saturated rings. The Hall–Kier alpha value is -1.55. The van der Waals surface area contributed by atoms with Gasteiger partial charge in [-0.05, 0) is 30.9 Å². The molecule has 0 spiro atoms. The minimum atomic E-state index is -0.376. The van der Waals surface area contributed by atoms with E-state index in [1.807, 2.05) is 0 Å². The Morgan fingerprint density at radius 1 is 1.44 bits per heavy atom. The Kier molecular flexibility index (Phi) is 2.74. The molecule has 3 atom stereocenters. The molecule has 0 heterocycles. The van der Waals surface area contributed by atoms with E-state index in [1.54, 1.807) is 12.1 Å². The molecule has 5 heteroatoms. The van der Waals surface area contributed by atoms with Gasteiger partial charge in [-0.1, -0.05) is 23.8 Å². The van der Waals surface area contributed by atoms with Gasteiger partial charge in [-0.2, -0.15) is 0 Å². The van der Waals surface area contributed by atoms with Crippen molar-refractivity contribution >= 4 is 23.0 Å². The average Bonchev–Trinajstić information content (AvgIpc) is 2.67. The molecule has 1 N–H and O–H groups in total. The number of rotatable bonds is 3. The average molecular weight is 265 g/mol. The minimum Gasteiger partial charge on any atom is -0.376 e. The van der Waals surface area contributed by atoms with Gasteiger partial charge in [0.15, 0.2) is 0 Å². The standard InChI is InChI=1S/C13H13ClN2O2/c14-9-4-5-13(16(17)18)12(7-9)15-11-6-8-2-1-3-10(8)11/h1,3-5,7-8,10-11,15H,2,6H2. The Morgan fingerprint density at radius 2 is 2.28 bits per heavy atom. The highest BCUT2D eigenvalue weighted by atomic mass is 35.5. The van der Waals surface area contributed by atoms with Gasteiger partial charge in [0.05, 0.1) is 4.92 Å². The first kappa shape index (κ1) is 11.5. The number of nitro groups is 1. The van der Waals surface area contributed by atoms with Crippen LogP contribution < -0.4 is 5.32 Å². The quantitative estimate of drug-likeness (QED) is 0.515. The molecule has 0 aromatic heterocycles. The number of nitrogens with one attached hydrogen (secondary N) is 1. The number of benzene rings is 1. The molecule has 0 bridgehead atoms. The van der Waals surface area contributed by atoms with Gasteiger partial charge in [0.1, 0.15) is 5.69 Å². The first-order chi connectivity index (χ1) is 8.65. The van der Waals surface area contributed by atoms with E-state index in [1.165, 1.54) is 6.07 Å². The molecule has 2 aliphatic carbocycles. The highest BCUT2D eigenvalue weighted by Crippen LogP contribution is 2.45. The second-order valence-electron chi connectivity index (χ2n) is 4.91. The number of halogens is 1. The van der Waals surface area contributed by atoms with Crippen molar-refractivity contribution in [1.82, 2.24) is 0 Å². The topological polar surface area (TPSA) is 55.2 Å². The molecule has 0 radical (unpaired) electrons. The SMILES string of the molecule is O=[N+]([O-])c1ccc(Cl)cc1NC1CC2CC=CC21. The Balaban J connectivity index is 1.81. The normalized spacial score (nSPS) is 28.6. The van der Waals surface area contributed by atoms with Crippen molar-refractivity contribution in [2.24, 2.45) is 11.8 Å². The van der Waals surface area contributed by atoms with Crippen LogP contribution in [0.3, 0.4) is 0 Å². The van der Waals surface area contributed by atoms with Crippen LogP contribution in [0.2, 0.25) is 5.02 Å². The van der Waals surface area contributed by atoms with E-state index in [2.05, 4.69) is 17.5 Å². The summed E-state index contributed by atoms with van der Waals surface area (Å²) in [5, 5.41) is 14.7. The first-order valence-corrected chi connectivity index (χ1v) is 6.40. The Morgan fingerprint density at radius 3 is 3.00 bits per heavy atom. The summed E-state index contributed by atoms with van der Waals surface area (Å²) < 4.78 is 0. The van der Waals surface area contributed by atoms with Crippen LogP contribution in [0.5, 0.6) is 0 Å². The number of nitro benzene ring substituents is 1. The molecule has 0 aliphatic heterocycles. The third-order valence-corrected chi connectivity index (χ3v) is 4.09. The Bertz CT molecular complexity index is 530. The molecule has 1 saturated carbocycles. The van der Waals surface area contributed by atoms with Gasteiger partial charge in [0.25, 0.3) is 5.69 Å². The molecular formula is C13H13ClN2O2. The summed E-state index contributed by atoms with van der Waals surface area (Å²) in [6.07, 6.45) is 6.62. The number of hydrogen-bond acceptors (Lipinski definition) is 3. The van der Waals surface area contributed by atoms with Crippen molar-refractivity contribution in [3.63, 3.8) is 0 Å². The summed E-state index contributed by atoms with van der Waals surface area (Å²) >= 11 is 5.90. The van der Waals surface area contributed by atoms with Crippen LogP contribution in [0.15, 0.2) is 30.4 Å². The van der Waals surface area contributed by atoms with E-state index >= 15 is 0 Å². The Labute approximate surface area is 110 Å². The molecule has 18 heavy (non-hydrogen) atoms. The highest BCUT2D eigenvalue weighted by Gasteiger charge is 2.41. The molecule has 3 rings (SSSR count). The van der Waals surface area contributed by atoms with Crippen LogP contribution in [-0.4, -0.2) is 11.0 Å². The van der Waals surface area contributed by atoms with Gasteiger partial charge < -0.3 is 5.32 Å². The summed E-state index contributed by atoms with van der Waals surface area (Å²) in [5.74, 6) is 1.24. The van der Waals surface area contributed by atoms with E-state index < -0.39 is 0 Å². The lowest BCUT2D eigenvalue weighted by Gasteiger charge is -2.41. The van der Waals surface area contributed by atoms with Crippen molar-refractivity contribution in [3.05, 3.63) is 45.5 Å². The second-order valence-corrected chi connectivity index (χ2v) is 5.34. The van der Waals surface area contributed by atoms with Crippen molar-refractivity contribution in [1.29, 1.82) is 0 Å². The van der Waals surface area contributed by atoms with Gasteiger partial charge in [0.2, 0.25) is 0 Å². The maximum Gasteiger partial charge on any atom is 0.292 e. The lowest BCUT2D eigenvalue weighted by atomic mass is 9.71. The molecule has 3 unspecified atom stereocenters. The van der Waals surface area contributed by atoms with Gasteiger partial charge in [-0.15, -0.1) is 0 Å². The van der Waals surface area contributed by atoms with Crippen LogP contribution in [0.4, 0.5) is 11.4 Å². The van der Waals surface area contributed by atoms with Gasteiger partial charge in [-0.25, -0.2) is 0 Å². The molecule has 1 aromatic rings. The number of allylic oxidation sites excluding steroid dienone is 1. The van der Waals surface area contributed by atoms with Crippen molar-refractivity contribution in [3.8, 4) is 0 Å². The fraction of sp³-hybridized carbons (Fsp3) is 0.385. The zero-order valence-electron chi connectivity index (χ0n) is 9.67. The largest absolute Gasteiger partial charge is 0.376 e. The van der Waals surface area contributed by atoms with Crippen LogP contribution >= 0.6 is 11.6 Å². The summed E-state index contributed by atoms with van der Waals surface area (Å²) in [4.78, 5) is 10.6. The molecule has 1 aromatic carbocycles. The van der Waals surface area contributed by atoms with Gasteiger partial charge in [-0.3, -0.25) is 10.1 Å².